The molecule has 0 radical (unpaired) electrons. The first kappa shape index (κ1) is 12.0. The molecule has 0 aliphatic heterocycles. The Kier molecular flexibility index (Phi) is 2.65. The molecule has 4 aliphatic carbocycles. The van der Waals surface area contributed by atoms with Gasteiger partial charge in [-0.15, -0.1) is 0 Å². The Labute approximate surface area is 107 Å². The van der Waals surface area contributed by atoms with E-state index in [-0.39, 0.29) is 24.2 Å². The van der Waals surface area contributed by atoms with Crippen molar-refractivity contribution in [2.75, 3.05) is 0 Å². The van der Waals surface area contributed by atoms with Gasteiger partial charge in [0, 0.05) is 6.42 Å². The van der Waals surface area contributed by atoms with Gasteiger partial charge in [0.1, 0.15) is 0 Å². The molecule has 0 heterocycles. The maximum Gasteiger partial charge on any atom is 0.303 e. The third kappa shape index (κ3) is 1.73. The van der Waals surface area contributed by atoms with Gasteiger partial charge in [0.15, 0.2) is 0 Å². The summed E-state index contributed by atoms with van der Waals surface area (Å²) in [6.45, 7) is 0. The van der Waals surface area contributed by atoms with Crippen molar-refractivity contribution in [1.82, 2.24) is 0 Å². The van der Waals surface area contributed by atoms with E-state index in [4.69, 9.17) is 5.73 Å². The monoisotopic (exact) mass is 251 g/mol. The van der Waals surface area contributed by atoms with Gasteiger partial charge in [-0.05, 0) is 61.2 Å². The Bertz CT molecular complexity index is 345. The molecule has 4 nitrogen and oxygen atoms in total. The standard InChI is InChI=1S/C14H21NO3/c15-12(16)6-14(7-13(17)18)10-2-8-1-9(4-10)5-11(14)3-8/h8-11H,1-7H2,(H2,15,16)(H,17,18). The molecule has 4 aliphatic rings. The minimum absolute atomic E-state index is 0.130. The minimum Gasteiger partial charge on any atom is -0.481 e. The van der Waals surface area contributed by atoms with Crippen LogP contribution in [0.15, 0.2) is 0 Å². The average Bonchev–Trinajstić information content (AvgIpc) is 2.23. The van der Waals surface area contributed by atoms with Gasteiger partial charge in [0.05, 0.1) is 6.42 Å². The fourth-order valence-corrected chi connectivity index (χ4v) is 5.37. The highest BCUT2D eigenvalue weighted by Gasteiger charge is 2.58. The van der Waals surface area contributed by atoms with E-state index in [1.165, 1.54) is 6.42 Å². The second kappa shape index (κ2) is 3.97. The van der Waals surface area contributed by atoms with Crippen LogP contribution in [0, 0.1) is 29.1 Å². The number of hydrogen-bond donors (Lipinski definition) is 2. The van der Waals surface area contributed by atoms with E-state index < -0.39 is 5.97 Å². The van der Waals surface area contributed by atoms with Crippen molar-refractivity contribution >= 4 is 11.9 Å². The summed E-state index contributed by atoms with van der Waals surface area (Å²) in [5, 5.41) is 9.22. The fraction of sp³-hybridized carbons (Fsp3) is 0.857. The number of primary amides is 1. The van der Waals surface area contributed by atoms with Crippen LogP contribution in [0.4, 0.5) is 0 Å². The summed E-state index contributed by atoms with van der Waals surface area (Å²) in [6, 6.07) is 0. The molecule has 4 bridgehead atoms. The van der Waals surface area contributed by atoms with Gasteiger partial charge in [-0.25, -0.2) is 0 Å². The van der Waals surface area contributed by atoms with E-state index in [9.17, 15) is 14.7 Å². The summed E-state index contributed by atoms with van der Waals surface area (Å²) >= 11 is 0. The predicted octanol–water partition coefficient (Wildman–Crippen LogP) is 1.78. The molecule has 0 unspecified atom stereocenters. The second-order valence-electron chi connectivity index (χ2n) is 6.75. The van der Waals surface area contributed by atoms with Gasteiger partial charge in [-0.3, -0.25) is 9.59 Å². The first-order valence-corrected chi connectivity index (χ1v) is 6.99. The number of carbonyl (C=O) groups excluding carboxylic acids is 1. The van der Waals surface area contributed by atoms with Crippen LogP contribution in [0.1, 0.15) is 44.9 Å². The van der Waals surface area contributed by atoms with Gasteiger partial charge in [0.2, 0.25) is 5.91 Å². The van der Waals surface area contributed by atoms with E-state index in [0.29, 0.717) is 11.8 Å². The lowest BCUT2D eigenvalue weighted by molar-refractivity contribution is -0.158. The quantitative estimate of drug-likeness (QED) is 0.799. The van der Waals surface area contributed by atoms with Crippen LogP contribution in [0.2, 0.25) is 0 Å². The number of aliphatic carboxylic acids is 1. The van der Waals surface area contributed by atoms with E-state index >= 15 is 0 Å². The second-order valence-corrected chi connectivity index (χ2v) is 6.75. The van der Waals surface area contributed by atoms with Gasteiger partial charge >= 0.3 is 5.97 Å². The zero-order chi connectivity index (χ0) is 12.9. The molecule has 100 valence electrons. The van der Waals surface area contributed by atoms with Gasteiger partial charge in [-0.1, -0.05) is 0 Å². The summed E-state index contributed by atoms with van der Waals surface area (Å²) in [4.78, 5) is 22.6. The Morgan fingerprint density at radius 2 is 1.50 bits per heavy atom. The van der Waals surface area contributed by atoms with Crippen molar-refractivity contribution in [3.63, 3.8) is 0 Å². The summed E-state index contributed by atoms with van der Waals surface area (Å²) < 4.78 is 0. The molecule has 1 amide bonds. The van der Waals surface area contributed by atoms with Crippen molar-refractivity contribution in [1.29, 1.82) is 0 Å². The zero-order valence-corrected chi connectivity index (χ0v) is 10.6. The molecule has 0 atom stereocenters. The molecule has 4 rings (SSSR count). The molecule has 0 saturated heterocycles. The molecule has 4 saturated carbocycles. The SMILES string of the molecule is NC(=O)CC1(CC(=O)O)C2CC3CC(C2)CC1C3. The van der Waals surface area contributed by atoms with E-state index in [2.05, 4.69) is 0 Å². The van der Waals surface area contributed by atoms with E-state index in [0.717, 1.165) is 37.5 Å². The first-order valence-electron chi connectivity index (χ1n) is 6.99. The summed E-state index contributed by atoms with van der Waals surface area (Å²) in [5.41, 5.74) is 5.07. The fourth-order valence-electron chi connectivity index (χ4n) is 5.37. The molecule has 18 heavy (non-hydrogen) atoms. The van der Waals surface area contributed by atoms with E-state index in [1.54, 1.807) is 0 Å². The summed E-state index contributed by atoms with van der Waals surface area (Å²) in [7, 11) is 0. The Morgan fingerprint density at radius 3 is 1.89 bits per heavy atom. The van der Waals surface area contributed by atoms with Crippen molar-refractivity contribution in [2.45, 2.75) is 44.9 Å². The molecule has 0 spiro atoms. The van der Waals surface area contributed by atoms with Crippen LogP contribution in [0.5, 0.6) is 0 Å². The Hall–Kier alpha value is -1.06. The number of hydrogen-bond acceptors (Lipinski definition) is 2. The molecule has 4 fully saturated rings. The predicted molar refractivity (Wildman–Crippen MR) is 65.5 cm³/mol. The maximum atomic E-state index is 11.4. The molecular weight excluding hydrogens is 230 g/mol. The Morgan fingerprint density at radius 1 is 1.00 bits per heavy atom. The molecule has 0 aromatic rings. The van der Waals surface area contributed by atoms with Crippen LogP contribution in [-0.4, -0.2) is 17.0 Å². The zero-order valence-electron chi connectivity index (χ0n) is 10.6. The van der Waals surface area contributed by atoms with Crippen LogP contribution < -0.4 is 5.73 Å². The smallest absolute Gasteiger partial charge is 0.303 e. The number of nitrogens with two attached hydrogens (primary N) is 1. The number of amides is 1. The highest BCUT2D eigenvalue weighted by atomic mass is 16.4. The molecule has 4 heteroatoms. The topological polar surface area (TPSA) is 80.4 Å². The minimum atomic E-state index is -0.774. The number of rotatable bonds is 4. The van der Waals surface area contributed by atoms with Crippen LogP contribution in [-0.2, 0) is 9.59 Å². The molecule has 0 aromatic heterocycles. The van der Waals surface area contributed by atoms with Crippen LogP contribution >= 0.6 is 0 Å². The third-order valence-electron chi connectivity index (χ3n) is 5.75. The highest BCUT2D eigenvalue weighted by Crippen LogP contribution is 2.64. The van der Waals surface area contributed by atoms with Gasteiger partial charge in [0.25, 0.3) is 0 Å². The summed E-state index contributed by atoms with van der Waals surface area (Å²) in [5.74, 6) is 1.28. The molecular formula is C14H21NO3. The molecule has 0 aromatic carbocycles. The highest BCUT2D eigenvalue weighted by molar-refractivity contribution is 5.76. The lowest BCUT2D eigenvalue weighted by Crippen LogP contribution is -2.55. The number of carbonyl (C=O) groups is 2. The van der Waals surface area contributed by atoms with Crippen LogP contribution in [0.25, 0.3) is 0 Å². The number of carboxylic acid groups (broad SMARTS) is 1. The largest absolute Gasteiger partial charge is 0.481 e. The Balaban J connectivity index is 1.92. The number of carboxylic acids is 1. The van der Waals surface area contributed by atoms with Crippen molar-refractivity contribution in [3.05, 3.63) is 0 Å². The maximum absolute atomic E-state index is 11.4. The van der Waals surface area contributed by atoms with Gasteiger partial charge in [-0.2, -0.15) is 0 Å². The lowest BCUT2D eigenvalue weighted by Gasteiger charge is -2.61. The lowest BCUT2D eigenvalue weighted by atomic mass is 9.43. The van der Waals surface area contributed by atoms with Crippen LogP contribution in [0.3, 0.4) is 0 Å². The first-order chi connectivity index (χ1) is 8.49. The van der Waals surface area contributed by atoms with E-state index in [1.807, 2.05) is 0 Å². The van der Waals surface area contributed by atoms with Crippen molar-refractivity contribution < 1.29 is 14.7 Å². The van der Waals surface area contributed by atoms with Crippen molar-refractivity contribution in [2.24, 2.45) is 34.8 Å². The summed E-state index contributed by atoms with van der Waals surface area (Å²) in [6.07, 6.45) is 6.20. The normalized spacial score (nSPS) is 45.1. The average molecular weight is 251 g/mol. The molecule has 3 N–H and O–H groups in total. The van der Waals surface area contributed by atoms with Crippen molar-refractivity contribution in [3.8, 4) is 0 Å². The third-order valence-corrected chi connectivity index (χ3v) is 5.75. The van der Waals surface area contributed by atoms with Gasteiger partial charge < -0.3 is 10.8 Å².